The van der Waals surface area contributed by atoms with Gasteiger partial charge in [-0.2, -0.15) is 5.10 Å². The quantitative estimate of drug-likeness (QED) is 0.801. The summed E-state index contributed by atoms with van der Waals surface area (Å²) in [6.07, 6.45) is 3.98. The van der Waals surface area contributed by atoms with Crippen LogP contribution in [0.2, 0.25) is 5.02 Å². The van der Waals surface area contributed by atoms with Crippen LogP contribution in [0.5, 0.6) is 0 Å². The van der Waals surface area contributed by atoms with Gasteiger partial charge >= 0.3 is 0 Å². The normalized spacial score (nSPS) is 11.7. The molecule has 0 spiro atoms. The van der Waals surface area contributed by atoms with E-state index in [1.165, 1.54) is 17.1 Å². The number of nitrogens with zero attached hydrogens (tertiary/aromatic N) is 2. The first-order chi connectivity index (χ1) is 8.41. The monoisotopic (exact) mass is 348 g/mol. The molecule has 0 bridgehead atoms. The van der Waals surface area contributed by atoms with Gasteiger partial charge in [0.1, 0.15) is 4.90 Å². The molecule has 0 amide bonds. The standard InChI is InChI=1S/C11H10BrClN2O2S/c1-18(16,17)10-6-14-15(7-10)11-3-2-9(13)4-8(11)5-12/h2-4,6-7H,5H2,1H3. The summed E-state index contributed by atoms with van der Waals surface area (Å²) in [4.78, 5) is 0.193. The highest BCUT2D eigenvalue weighted by atomic mass is 79.9. The zero-order valence-corrected chi connectivity index (χ0v) is 12.6. The van der Waals surface area contributed by atoms with Crippen LogP contribution in [0.25, 0.3) is 5.69 Å². The average molecular weight is 350 g/mol. The van der Waals surface area contributed by atoms with Crippen molar-refractivity contribution in [2.75, 3.05) is 6.26 Å². The topological polar surface area (TPSA) is 52.0 Å². The molecule has 4 nitrogen and oxygen atoms in total. The Labute approximate surface area is 119 Å². The molecule has 0 aliphatic rings. The molecule has 1 aromatic carbocycles. The van der Waals surface area contributed by atoms with Crippen molar-refractivity contribution in [3.63, 3.8) is 0 Å². The van der Waals surface area contributed by atoms with E-state index in [4.69, 9.17) is 11.6 Å². The minimum atomic E-state index is -3.24. The summed E-state index contributed by atoms with van der Waals surface area (Å²) in [5.74, 6) is 0. The number of sulfone groups is 1. The second-order valence-corrected chi connectivity index (χ2v) is 6.81. The fourth-order valence-electron chi connectivity index (χ4n) is 1.51. The maximum Gasteiger partial charge on any atom is 0.178 e. The van der Waals surface area contributed by atoms with Crippen LogP contribution in [-0.2, 0) is 15.2 Å². The lowest BCUT2D eigenvalue weighted by atomic mass is 10.2. The molecule has 0 aliphatic heterocycles. The van der Waals surface area contributed by atoms with Crippen LogP contribution in [0, 0.1) is 0 Å². The molecule has 0 N–H and O–H groups in total. The van der Waals surface area contributed by atoms with Crippen molar-refractivity contribution in [2.45, 2.75) is 10.2 Å². The molecule has 0 saturated carbocycles. The Bertz CT molecular complexity index is 682. The van der Waals surface area contributed by atoms with E-state index in [9.17, 15) is 8.42 Å². The molecular formula is C11H10BrClN2O2S. The van der Waals surface area contributed by atoms with Gasteiger partial charge in [-0.05, 0) is 23.8 Å². The number of rotatable bonds is 3. The Hall–Kier alpha value is -0.850. The van der Waals surface area contributed by atoms with Crippen molar-refractivity contribution in [3.05, 3.63) is 41.2 Å². The molecule has 2 rings (SSSR count). The van der Waals surface area contributed by atoms with E-state index in [1.54, 1.807) is 12.1 Å². The van der Waals surface area contributed by atoms with Crippen LogP contribution >= 0.6 is 27.5 Å². The summed E-state index contributed by atoms with van der Waals surface area (Å²) in [5.41, 5.74) is 1.73. The lowest BCUT2D eigenvalue weighted by molar-refractivity contribution is 0.602. The largest absolute Gasteiger partial charge is 0.239 e. The fourth-order valence-corrected chi connectivity index (χ4v) is 2.69. The summed E-state index contributed by atoms with van der Waals surface area (Å²) in [5, 5.41) is 5.30. The molecule has 0 saturated heterocycles. The zero-order valence-electron chi connectivity index (χ0n) is 9.47. The molecule has 0 atom stereocenters. The molecular weight excluding hydrogens is 340 g/mol. The first-order valence-electron chi connectivity index (χ1n) is 5.01. The lowest BCUT2D eigenvalue weighted by Gasteiger charge is -2.07. The van der Waals surface area contributed by atoms with Gasteiger partial charge in [0, 0.05) is 22.8 Å². The average Bonchev–Trinajstić information content (AvgIpc) is 2.77. The van der Waals surface area contributed by atoms with Crippen molar-refractivity contribution in [1.82, 2.24) is 9.78 Å². The van der Waals surface area contributed by atoms with E-state index in [0.29, 0.717) is 10.4 Å². The third-order valence-corrected chi connectivity index (χ3v) is 4.33. The smallest absolute Gasteiger partial charge is 0.178 e. The Morgan fingerprint density at radius 1 is 1.44 bits per heavy atom. The van der Waals surface area contributed by atoms with Crippen LogP contribution < -0.4 is 0 Å². The molecule has 18 heavy (non-hydrogen) atoms. The van der Waals surface area contributed by atoms with Gasteiger partial charge in [-0.3, -0.25) is 0 Å². The maximum absolute atomic E-state index is 11.4. The number of halogens is 2. The fraction of sp³-hybridized carbons (Fsp3) is 0.182. The first-order valence-corrected chi connectivity index (χ1v) is 8.40. The Morgan fingerprint density at radius 3 is 2.72 bits per heavy atom. The predicted octanol–water partition coefficient (Wildman–Crippen LogP) is 2.82. The van der Waals surface area contributed by atoms with E-state index in [1.807, 2.05) is 6.07 Å². The predicted molar refractivity (Wildman–Crippen MR) is 74.3 cm³/mol. The van der Waals surface area contributed by atoms with Crippen molar-refractivity contribution in [1.29, 1.82) is 0 Å². The van der Waals surface area contributed by atoms with E-state index < -0.39 is 9.84 Å². The van der Waals surface area contributed by atoms with Crippen LogP contribution in [0.15, 0.2) is 35.5 Å². The molecule has 7 heteroatoms. The van der Waals surface area contributed by atoms with Crippen molar-refractivity contribution >= 4 is 37.4 Å². The highest BCUT2D eigenvalue weighted by Crippen LogP contribution is 2.22. The Balaban J connectivity index is 2.53. The van der Waals surface area contributed by atoms with E-state index in [2.05, 4.69) is 21.0 Å². The molecule has 0 unspecified atom stereocenters. The molecule has 2 aromatic rings. The number of alkyl halides is 1. The highest BCUT2D eigenvalue weighted by molar-refractivity contribution is 9.08. The Kier molecular flexibility index (Phi) is 3.79. The highest BCUT2D eigenvalue weighted by Gasteiger charge is 2.12. The second kappa shape index (κ2) is 5.03. The maximum atomic E-state index is 11.4. The van der Waals surface area contributed by atoms with Crippen LogP contribution in [-0.4, -0.2) is 24.5 Å². The van der Waals surface area contributed by atoms with Crippen LogP contribution in [0.4, 0.5) is 0 Å². The summed E-state index contributed by atoms with van der Waals surface area (Å²) < 4.78 is 24.3. The molecule has 0 aliphatic carbocycles. The summed E-state index contributed by atoms with van der Waals surface area (Å²) in [7, 11) is -3.24. The van der Waals surface area contributed by atoms with Crippen LogP contribution in [0.3, 0.4) is 0 Å². The van der Waals surface area contributed by atoms with Gasteiger partial charge in [-0.25, -0.2) is 13.1 Å². The minimum Gasteiger partial charge on any atom is -0.239 e. The number of aromatic nitrogens is 2. The summed E-state index contributed by atoms with van der Waals surface area (Å²) in [6, 6.07) is 5.36. The van der Waals surface area contributed by atoms with E-state index in [-0.39, 0.29) is 4.90 Å². The molecule has 0 fully saturated rings. The first kappa shape index (κ1) is 13.6. The molecule has 0 radical (unpaired) electrons. The van der Waals surface area contributed by atoms with Gasteiger partial charge in [0.25, 0.3) is 0 Å². The molecule has 1 heterocycles. The van der Waals surface area contributed by atoms with Gasteiger partial charge in [0.05, 0.1) is 11.9 Å². The number of benzene rings is 1. The third-order valence-electron chi connectivity index (χ3n) is 2.42. The molecule has 1 aromatic heterocycles. The summed E-state index contributed by atoms with van der Waals surface area (Å²) in [6.45, 7) is 0. The van der Waals surface area contributed by atoms with Gasteiger partial charge < -0.3 is 0 Å². The van der Waals surface area contributed by atoms with Gasteiger partial charge in [-0.15, -0.1) is 0 Å². The van der Waals surface area contributed by atoms with E-state index >= 15 is 0 Å². The lowest BCUT2D eigenvalue weighted by Crippen LogP contribution is -1.99. The van der Waals surface area contributed by atoms with E-state index in [0.717, 1.165) is 17.5 Å². The number of hydrogen-bond donors (Lipinski definition) is 0. The SMILES string of the molecule is CS(=O)(=O)c1cnn(-c2ccc(Cl)cc2CBr)c1. The van der Waals surface area contributed by atoms with Gasteiger partial charge in [-0.1, -0.05) is 27.5 Å². The van der Waals surface area contributed by atoms with Crippen molar-refractivity contribution in [3.8, 4) is 5.69 Å². The second-order valence-electron chi connectivity index (χ2n) is 3.80. The van der Waals surface area contributed by atoms with Gasteiger partial charge in [0.2, 0.25) is 0 Å². The van der Waals surface area contributed by atoms with Gasteiger partial charge in [0.15, 0.2) is 9.84 Å². The number of hydrogen-bond acceptors (Lipinski definition) is 3. The van der Waals surface area contributed by atoms with Crippen LogP contribution in [0.1, 0.15) is 5.56 Å². The molecule has 96 valence electrons. The van der Waals surface area contributed by atoms with Crippen molar-refractivity contribution in [2.24, 2.45) is 0 Å². The summed E-state index contributed by atoms with van der Waals surface area (Å²) >= 11 is 9.28. The Morgan fingerprint density at radius 2 is 2.17 bits per heavy atom. The third kappa shape index (κ3) is 2.76. The minimum absolute atomic E-state index is 0.193. The van der Waals surface area contributed by atoms with Crippen molar-refractivity contribution < 1.29 is 8.42 Å². The zero-order chi connectivity index (χ0) is 13.3.